The summed E-state index contributed by atoms with van der Waals surface area (Å²) in [5.41, 5.74) is 1.74. The molecular weight excluding hydrogens is 289 g/mol. The largest absolute Gasteiger partial charge is 0.316 e. The Morgan fingerprint density at radius 2 is 2.19 bits per heavy atom. The molecule has 0 bridgehead atoms. The van der Waals surface area contributed by atoms with Gasteiger partial charge in [0.2, 0.25) is 0 Å². The van der Waals surface area contributed by atoms with Crippen LogP contribution in [0.25, 0.3) is 10.4 Å². The minimum atomic E-state index is -0.178. The van der Waals surface area contributed by atoms with Crippen molar-refractivity contribution in [3.8, 4) is 10.4 Å². The van der Waals surface area contributed by atoms with E-state index in [4.69, 9.17) is 0 Å². The van der Waals surface area contributed by atoms with Crippen LogP contribution in [-0.4, -0.2) is 7.05 Å². The third kappa shape index (κ3) is 2.34. The lowest BCUT2D eigenvalue weighted by molar-refractivity contribution is 0.630. The summed E-state index contributed by atoms with van der Waals surface area (Å²) in [6, 6.07) is 7.15. The van der Waals surface area contributed by atoms with Crippen molar-refractivity contribution in [1.29, 1.82) is 0 Å². The second-order valence-electron chi connectivity index (χ2n) is 3.44. The normalized spacial score (nSPS) is 10.7. The van der Waals surface area contributed by atoms with Crippen LogP contribution in [0.5, 0.6) is 0 Å². The van der Waals surface area contributed by atoms with Gasteiger partial charge in [0.15, 0.2) is 0 Å². The van der Waals surface area contributed by atoms with Gasteiger partial charge >= 0.3 is 0 Å². The van der Waals surface area contributed by atoms with Crippen LogP contribution < -0.4 is 5.32 Å². The van der Waals surface area contributed by atoms with Crippen molar-refractivity contribution >= 4 is 27.3 Å². The minimum Gasteiger partial charge on any atom is -0.316 e. The van der Waals surface area contributed by atoms with Gasteiger partial charge < -0.3 is 5.32 Å². The lowest BCUT2D eigenvalue weighted by atomic mass is 10.1. The summed E-state index contributed by atoms with van der Waals surface area (Å²) in [4.78, 5) is 0.940. The fraction of sp³-hybridized carbons (Fsp3) is 0.167. The number of rotatable bonds is 3. The van der Waals surface area contributed by atoms with E-state index in [-0.39, 0.29) is 5.82 Å². The zero-order valence-electron chi connectivity index (χ0n) is 8.76. The molecule has 0 amide bonds. The molecule has 0 aliphatic rings. The van der Waals surface area contributed by atoms with E-state index in [1.54, 1.807) is 6.07 Å². The Balaban J connectivity index is 2.47. The Morgan fingerprint density at radius 3 is 2.81 bits per heavy atom. The molecule has 1 aromatic carbocycles. The van der Waals surface area contributed by atoms with Gasteiger partial charge in [-0.05, 0) is 52.1 Å². The van der Waals surface area contributed by atoms with Crippen LogP contribution >= 0.6 is 27.3 Å². The summed E-state index contributed by atoms with van der Waals surface area (Å²) in [5, 5.41) is 5.01. The van der Waals surface area contributed by atoms with Crippen LogP contribution in [0.3, 0.4) is 0 Å². The van der Waals surface area contributed by atoms with Crippen LogP contribution in [-0.2, 0) is 6.54 Å². The van der Waals surface area contributed by atoms with Crippen molar-refractivity contribution in [2.75, 3.05) is 7.05 Å². The van der Waals surface area contributed by atoms with E-state index in [0.29, 0.717) is 5.56 Å². The fourth-order valence-electron chi connectivity index (χ4n) is 1.55. The summed E-state index contributed by atoms with van der Waals surface area (Å²) in [7, 11) is 1.88. The van der Waals surface area contributed by atoms with Crippen molar-refractivity contribution in [2.24, 2.45) is 0 Å². The number of nitrogens with one attached hydrogen (secondary N) is 1. The van der Waals surface area contributed by atoms with E-state index in [1.807, 2.05) is 24.6 Å². The van der Waals surface area contributed by atoms with Gasteiger partial charge in [0.1, 0.15) is 5.82 Å². The topological polar surface area (TPSA) is 12.0 Å². The predicted molar refractivity (Wildman–Crippen MR) is 70.2 cm³/mol. The highest BCUT2D eigenvalue weighted by molar-refractivity contribution is 9.10. The molecule has 1 heterocycles. The molecule has 0 unspecified atom stereocenters. The molecule has 0 fully saturated rings. The molecule has 1 nitrogen and oxygen atoms in total. The van der Waals surface area contributed by atoms with E-state index in [0.717, 1.165) is 21.5 Å². The third-order valence-corrected chi connectivity index (χ3v) is 4.14. The smallest absolute Gasteiger partial charge is 0.131 e. The monoisotopic (exact) mass is 299 g/mol. The maximum Gasteiger partial charge on any atom is 0.131 e. The zero-order valence-corrected chi connectivity index (χ0v) is 11.2. The maximum absolute atomic E-state index is 13.7. The fourth-order valence-corrected chi connectivity index (χ4v) is 3.15. The standard InChI is InChI=1S/C12H11BrFNS/c1-15-7-8-2-3-11(14)9(6-8)12-10(13)4-5-16-12/h2-6,15H,7H2,1H3. The Hall–Kier alpha value is -0.710. The van der Waals surface area contributed by atoms with Crippen molar-refractivity contribution < 1.29 is 4.39 Å². The van der Waals surface area contributed by atoms with Gasteiger partial charge in [0.05, 0.1) is 4.88 Å². The minimum absolute atomic E-state index is 0.178. The molecule has 0 saturated heterocycles. The third-order valence-electron chi connectivity index (χ3n) is 2.27. The molecule has 16 heavy (non-hydrogen) atoms. The van der Waals surface area contributed by atoms with Gasteiger partial charge in [-0.2, -0.15) is 0 Å². The van der Waals surface area contributed by atoms with Gasteiger partial charge in [0.25, 0.3) is 0 Å². The zero-order chi connectivity index (χ0) is 11.5. The van der Waals surface area contributed by atoms with Crippen LogP contribution in [0.2, 0.25) is 0 Å². The van der Waals surface area contributed by atoms with Gasteiger partial charge in [-0.15, -0.1) is 11.3 Å². The Labute approximate surface area is 106 Å². The Kier molecular flexibility index (Phi) is 3.74. The molecule has 0 aliphatic heterocycles. The van der Waals surface area contributed by atoms with Crippen molar-refractivity contribution in [3.05, 3.63) is 45.5 Å². The number of hydrogen-bond acceptors (Lipinski definition) is 2. The van der Waals surface area contributed by atoms with Crippen LogP contribution in [0, 0.1) is 5.82 Å². The highest BCUT2D eigenvalue weighted by atomic mass is 79.9. The van der Waals surface area contributed by atoms with E-state index in [9.17, 15) is 4.39 Å². The quantitative estimate of drug-likeness (QED) is 0.902. The molecule has 0 aliphatic carbocycles. The second-order valence-corrected chi connectivity index (χ2v) is 5.21. The molecule has 0 radical (unpaired) electrons. The Morgan fingerprint density at radius 1 is 1.38 bits per heavy atom. The van der Waals surface area contributed by atoms with Gasteiger partial charge in [-0.1, -0.05) is 6.07 Å². The highest BCUT2D eigenvalue weighted by Gasteiger charge is 2.10. The summed E-state index contributed by atoms with van der Waals surface area (Å²) in [5.74, 6) is -0.178. The van der Waals surface area contributed by atoms with Crippen molar-refractivity contribution in [1.82, 2.24) is 5.32 Å². The first-order chi connectivity index (χ1) is 7.72. The van der Waals surface area contributed by atoms with E-state index in [1.165, 1.54) is 17.4 Å². The van der Waals surface area contributed by atoms with Crippen molar-refractivity contribution in [2.45, 2.75) is 6.54 Å². The molecule has 4 heteroatoms. The van der Waals surface area contributed by atoms with E-state index >= 15 is 0 Å². The van der Waals surface area contributed by atoms with Crippen LogP contribution in [0.15, 0.2) is 34.1 Å². The van der Waals surface area contributed by atoms with Gasteiger partial charge in [-0.3, -0.25) is 0 Å². The molecule has 1 aromatic heterocycles. The number of halogens is 2. The van der Waals surface area contributed by atoms with Crippen LogP contribution in [0.4, 0.5) is 4.39 Å². The summed E-state index contributed by atoms with van der Waals surface area (Å²) >= 11 is 4.97. The average molecular weight is 300 g/mol. The molecule has 0 atom stereocenters. The number of hydrogen-bond donors (Lipinski definition) is 1. The first kappa shape index (κ1) is 11.8. The SMILES string of the molecule is CNCc1ccc(F)c(-c2sccc2Br)c1. The Bertz CT molecular complexity index is 496. The summed E-state index contributed by atoms with van der Waals surface area (Å²) < 4.78 is 14.7. The van der Waals surface area contributed by atoms with E-state index in [2.05, 4.69) is 21.2 Å². The molecule has 1 N–H and O–H groups in total. The molecule has 2 rings (SSSR count). The maximum atomic E-state index is 13.7. The predicted octanol–water partition coefficient (Wildman–Crippen LogP) is 4.04. The summed E-state index contributed by atoms with van der Waals surface area (Å²) in [6.45, 7) is 0.746. The summed E-state index contributed by atoms with van der Waals surface area (Å²) in [6.07, 6.45) is 0. The lowest BCUT2D eigenvalue weighted by Gasteiger charge is -2.05. The van der Waals surface area contributed by atoms with Gasteiger partial charge in [0, 0.05) is 16.6 Å². The van der Waals surface area contributed by atoms with Gasteiger partial charge in [-0.25, -0.2) is 4.39 Å². The molecule has 0 saturated carbocycles. The van der Waals surface area contributed by atoms with E-state index < -0.39 is 0 Å². The second kappa shape index (κ2) is 5.08. The highest BCUT2D eigenvalue weighted by Crippen LogP contribution is 2.35. The first-order valence-corrected chi connectivity index (χ1v) is 6.56. The average Bonchev–Trinajstić information content (AvgIpc) is 2.68. The number of thiophene rings is 1. The van der Waals surface area contributed by atoms with Crippen LogP contribution in [0.1, 0.15) is 5.56 Å². The van der Waals surface area contributed by atoms with Crippen molar-refractivity contribution in [3.63, 3.8) is 0 Å². The molecule has 0 spiro atoms. The number of benzene rings is 1. The first-order valence-electron chi connectivity index (χ1n) is 4.88. The molecule has 84 valence electrons. The molecule has 2 aromatic rings. The molecular formula is C12H11BrFNS. The lowest BCUT2D eigenvalue weighted by Crippen LogP contribution is -2.05.